The van der Waals surface area contributed by atoms with Crippen molar-refractivity contribution in [1.29, 1.82) is 0 Å². The van der Waals surface area contributed by atoms with Gasteiger partial charge in [-0.15, -0.1) is 0 Å². The summed E-state index contributed by atoms with van der Waals surface area (Å²) in [5, 5.41) is 11.4. The van der Waals surface area contributed by atoms with Crippen LogP contribution in [0.15, 0.2) is 42.5 Å². The Bertz CT molecular complexity index is 463. The molecule has 2 aromatic carbocycles. The lowest BCUT2D eigenvalue weighted by atomic mass is 10.0. The summed E-state index contributed by atoms with van der Waals surface area (Å²) < 4.78 is 0. The van der Waals surface area contributed by atoms with Crippen LogP contribution in [-0.2, 0) is 4.79 Å². The van der Waals surface area contributed by atoms with Crippen molar-refractivity contribution in [3.8, 4) is 0 Å². The van der Waals surface area contributed by atoms with E-state index in [2.05, 4.69) is 0 Å². The zero-order valence-electron chi connectivity index (χ0n) is 8.55. The van der Waals surface area contributed by atoms with E-state index in [-0.39, 0.29) is 1.43 Å². The number of aldehydes is 1. The van der Waals surface area contributed by atoms with Gasteiger partial charge in [0.2, 0.25) is 0 Å². The van der Waals surface area contributed by atoms with Crippen molar-refractivity contribution >= 4 is 17.1 Å². The van der Waals surface area contributed by atoms with Crippen molar-refractivity contribution in [2.45, 2.75) is 6.10 Å². The molecule has 0 saturated heterocycles. The predicted molar refractivity (Wildman–Crippen MR) is 56.1 cm³/mol. The highest BCUT2D eigenvalue weighted by Crippen LogP contribution is 2.22. The van der Waals surface area contributed by atoms with Gasteiger partial charge in [-0.1, -0.05) is 42.5 Å². The van der Waals surface area contributed by atoms with Crippen LogP contribution < -0.4 is 0 Å². The third-order valence-corrected chi connectivity index (χ3v) is 2.27. The van der Waals surface area contributed by atoms with Gasteiger partial charge >= 0.3 is 1.43 Å². The first-order chi connectivity index (χ1) is 6.83. The van der Waals surface area contributed by atoms with Crippen molar-refractivity contribution < 1.29 is 11.3 Å². The van der Waals surface area contributed by atoms with Crippen molar-refractivity contribution in [3.63, 3.8) is 0 Å². The molecule has 1 N–H and O–H groups in total. The average molecular weight is 187 g/mol. The van der Waals surface area contributed by atoms with Gasteiger partial charge in [0.05, 0.1) is 0 Å². The number of benzene rings is 2. The number of carbonyl (C=O) groups is 1. The normalized spacial score (nSPS) is 12.6. The highest BCUT2D eigenvalue weighted by molar-refractivity contribution is 5.88. The van der Waals surface area contributed by atoms with E-state index < -0.39 is 6.10 Å². The summed E-state index contributed by atoms with van der Waals surface area (Å²) in [6.07, 6.45) is -0.483. The maximum atomic E-state index is 10.5. The van der Waals surface area contributed by atoms with E-state index in [1.807, 2.05) is 36.4 Å². The molecule has 0 bridgehead atoms. The molecule has 0 spiro atoms. The van der Waals surface area contributed by atoms with Crippen molar-refractivity contribution in [2.75, 3.05) is 0 Å². The number of aliphatic hydroxyl groups excluding tert-OH is 1. The first-order valence-corrected chi connectivity index (χ1v) is 4.44. The maximum absolute atomic E-state index is 10.5. The zero-order chi connectivity index (χ0) is 9.97. The largest absolute Gasteiger partial charge is 1.00 e. The van der Waals surface area contributed by atoms with E-state index in [1.54, 1.807) is 6.07 Å². The van der Waals surface area contributed by atoms with E-state index in [0.29, 0.717) is 11.8 Å². The summed E-state index contributed by atoms with van der Waals surface area (Å²) in [4.78, 5) is 10.5. The third kappa shape index (κ3) is 1.40. The fourth-order valence-electron chi connectivity index (χ4n) is 1.58. The highest BCUT2D eigenvalue weighted by Gasteiger charge is 2.08. The topological polar surface area (TPSA) is 37.3 Å². The lowest BCUT2D eigenvalue weighted by molar-refractivity contribution is -0.115. The minimum Gasteiger partial charge on any atom is -0.381 e. The van der Waals surface area contributed by atoms with Gasteiger partial charge in [0.1, 0.15) is 6.10 Å². The summed E-state index contributed by atoms with van der Waals surface area (Å²) in [6.45, 7) is 0. The first kappa shape index (κ1) is 8.91. The molecule has 0 saturated carbocycles. The molecule has 0 radical (unpaired) electrons. The monoisotopic (exact) mass is 187 g/mol. The van der Waals surface area contributed by atoms with Crippen LogP contribution in [-0.4, -0.2) is 11.4 Å². The van der Waals surface area contributed by atoms with Gasteiger partial charge in [-0.25, -0.2) is 0 Å². The Morgan fingerprint density at radius 2 is 1.86 bits per heavy atom. The Morgan fingerprint density at radius 3 is 2.64 bits per heavy atom. The second-order valence-corrected chi connectivity index (χ2v) is 3.15. The van der Waals surface area contributed by atoms with Crippen LogP contribution in [0.25, 0.3) is 10.8 Å². The van der Waals surface area contributed by atoms with E-state index in [0.717, 1.165) is 10.8 Å². The number of fused-ring (bicyclic) bond motifs is 1. The summed E-state index contributed by atoms with van der Waals surface area (Å²) >= 11 is 0. The molecule has 0 aliphatic carbocycles. The molecular formula is C12H11O2+. The lowest BCUT2D eigenvalue weighted by Gasteiger charge is -2.07. The van der Waals surface area contributed by atoms with Crippen LogP contribution in [0.5, 0.6) is 0 Å². The third-order valence-electron chi connectivity index (χ3n) is 2.27. The van der Waals surface area contributed by atoms with Crippen LogP contribution in [0.3, 0.4) is 0 Å². The van der Waals surface area contributed by atoms with E-state index in [4.69, 9.17) is 0 Å². The second kappa shape index (κ2) is 3.60. The molecule has 2 heteroatoms. The molecule has 0 aliphatic rings. The molecule has 0 aliphatic heterocycles. The fraction of sp³-hybridized carbons (Fsp3) is 0.0833. The molecule has 1 unspecified atom stereocenters. The molecule has 0 heterocycles. The van der Waals surface area contributed by atoms with Crippen molar-refractivity contribution in [1.82, 2.24) is 0 Å². The number of hydrogen-bond donors (Lipinski definition) is 1. The Hall–Kier alpha value is -1.67. The molecule has 0 aromatic heterocycles. The predicted octanol–water partition coefficient (Wildman–Crippen LogP) is 2.18. The Morgan fingerprint density at radius 1 is 1.14 bits per heavy atom. The summed E-state index contributed by atoms with van der Waals surface area (Å²) in [7, 11) is 0. The molecule has 0 amide bonds. The molecule has 70 valence electrons. The lowest BCUT2D eigenvalue weighted by Crippen LogP contribution is -1.98. The maximum Gasteiger partial charge on any atom is 1.00 e. The number of aliphatic hydroxyl groups is 1. The summed E-state index contributed by atoms with van der Waals surface area (Å²) in [6, 6.07) is 13.2. The van der Waals surface area contributed by atoms with Crippen LogP contribution in [0.1, 0.15) is 13.1 Å². The van der Waals surface area contributed by atoms with E-state index >= 15 is 0 Å². The zero-order valence-corrected chi connectivity index (χ0v) is 7.55. The summed E-state index contributed by atoms with van der Waals surface area (Å²) in [5.41, 5.74) is 0.665. The highest BCUT2D eigenvalue weighted by atomic mass is 16.3. The molecule has 2 aromatic rings. The van der Waals surface area contributed by atoms with Gasteiger partial charge in [0.25, 0.3) is 0 Å². The molecule has 2 rings (SSSR count). The molecule has 14 heavy (non-hydrogen) atoms. The Kier molecular flexibility index (Phi) is 2.29. The van der Waals surface area contributed by atoms with Gasteiger partial charge in [-0.3, -0.25) is 0 Å². The Balaban J connectivity index is 0.00000112. The standard InChI is InChI=1S/C12H10O2/c13-8-12(14)11-7-3-5-9-4-1-2-6-10(9)11/h1-8,12,14H/p+1. The number of hydrogen-bond acceptors (Lipinski definition) is 2. The molecular weight excluding hydrogens is 176 g/mol. The summed E-state index contributed by atoms with van der Waals surface area (Å²) in [5.74, 6) is 0. The average Bonchev–Trinajstić information content (AvgIpc) is 2.27. The van der Waals surface area contributed by atoms with Crippen LogP contribution in [0.2, 0.25) is 0 Å². The first-order valence-electron chi connectivity index (χ1n) is 4.44. The van der Waals surface area contributed by atoms with Gasteiger partial charge in [0.15, 0.2) is 6.29 Å². The van der Waals surface area contributed by atoms with Crippen LogP contribution in [0, 0.1) is 0 Å². The van der Waals surface area contributed by atoms with Gasteiger partial charge < -0.3 is 9.90 Å². The van der Waals surface area contributed by atoms with Crippen molar-refractivity contribution in [3.05, 3.63) is 48.0 Å². The molecule has 0 fully saturated rings. The van der Waals surface area contributed by atoms with Crippen molar-refractivity contribution in [2.24, 2.45) is 0 Å². The van der Waals surface area contributed by atoms with E-state index in [1.165, 1.54) is 0 Å². The van der Waals surface area contributed by atoms with E-state index in [9.17, 15) is 9.90 Å². The number of carbonyl (C=O) groups excluding carboxylic acids is 1. The fourth-order valence-corrected chi connectivity index (χ4v) is 1.58. The quantitative estimate of drug-likeness (QED) is 0.732. The Labute approximate surface area is 83.3 Å². The SMILES string of the molecule is O=CC(O)c1cccc2ccccc12.[H+]. The molecule has 1 atom stereocenters. The van der Waals surface area contributed by atoms with Gasteiger partial charge in [-0.05, 0) is 16.3 Å². The van der Waals surface area contributed by atoms with Gasteiger partial charge in [0, 0.05) is 0 Å². The second-order valence-electron chi connectivity index (χ2n) is 3.15. The van der Waals surface area contributed by atoms with Gasteiger partial charge in [-0.2, -0.15) is 0 Å². The minimum absolute atomic E-state index is 0. The smallest absolute Gasteiger partial charge is 0.381 e. The minimum atomic E-state index is -1.03. The van der Waals surface area contributed by atoms with Crippen LogP contribution >= 0.6 is 0 Å². The van der Waals surface area contributed by atoms with Crippen LogP contribution in [0.4, 0.5) is 0 Å². The number of rotatable bonds is 2. The molecule has 2 nitrogen and oxygen atoms in total.